The third-order valence-electron chi connectivity index (χ3n) is 2.82. The Morgan fingerprint density at radius 1 is 1.41 bits per heavy atom. The lowest BCUT2D eigenvalue weighted by Gasteiger charge is -2.10. The minimum Gasteiger partial charge on any atom is -0.229 e. The van der Waals surface area contributed by atoms with E-state index in [9.17, 15) is 8.42 Å². The van der Waals surface area contributed by atoms with Crippen LogP contribution in [-0.4, -0.2) is 46.4 Å². The number of hydrogen-bond acceptors (Lipinski definition) is 6. The van der Waals surface area contributed by atoms with Gasteiger partial charge < -0.3 is 0 Å². The quantitative estimate of drug-likeness (QED) is 0.744. The smallest absolute Gasteiger partial charge is 0.209 e. The van der Waals surface area contributed by atoms with Gasteiger partial charge in [-0.2, -0.15) is 0 Å². The molecule has 0 bridgehead atoms. The Labute approximate surface area is 105 Å². The van der Waals surface area contributed by atoms with Crippen molar-refractivity contribution in [1.82, 2.24) is 20.2 Å². The van der Waals surface area contributed by atoms with Gasteiger partial charge in [0.05, 0.1) is 11.8 Å². The molecule has 0 saturated heterocycles. The van der Waals surface area contributed by atoms with Crippen LogP contribution in [0, 0.1) is 0 Å². The van der Waals surface area contributed by atoms with E-state index in [2.05, 4.69) is 15.5 Å². The SMILES string of the molecule is CS(=O)(=O)CCSc1nnnn1C1CCCC1. The number of aromatic nitrogens is 4. The number of rotatable bonds is 5. The van der Waals surface area contributed by atoms with Crippen molar-refractivity contribution in [3.05, 3.63) is 0 Å². The zero-order valence-corrected chi connectivity index (χ0v) is 11.4. The summed E-state index contributed by atoms with van der Waals surface area (Å²) in [6.45, 7) is 0. The molecule has 1 aromatic rings. The first-order valence-electron chi connectivity index (χ1n) is 5.64. The van der Waals surface area contributed by atoms with Crippen molar-refractivity contribution in [3.63, 3.8) is 0 Å². The molecule has 6 nitrogen and oxygen atoms in total. The molecule has 0 radical (unpaired) electrons. The van der Waals surface area contributed by atoms with Gasteiger partial charge in [0.2, 0.25) is 5.16 Å². The molecule has 1 aromatic heterocycles. The van der Waals surface area contributed by atoms with Gasteiger partial charge in [-0.05, 0) is 23.3 Å². The number of nitrogens with zero attached hydrogens (tertiary/aromatic N) is 4. The molecular weight excluding hydrogens is 260 g/mol. The van der Waals surface area contributed by atoms with Gasteiger partial charge in [0.1, 0.15) is 9.84 Å². The Bertz CT molecular complexity index is 465. The van der Waals surface area contributed by atoms with Crippen LogP contribution in [0.3, 0.4) is 0 Å². The molecule has 8 heteroatoms. The lowest BCUT2D eigenvalue weighted by atomic mass is 10.3. The van der Waals surface area contributed by atoms with E-state index in [-0.39, 0.29) is 5.75 Å². The van der Waals surface area contributed by atoms with E-state index >= 15 is 0 Å². The van der Waals surface area contributed by atoms with Gasteiger partial charge in [-0.25, -0.2) is 13.1 Å². The summed E-state index contributed by atoms with van der Waals surface area (Å²) < 4.78 is 23.9. The zero-order chi connectivity index (χ0) is 12.3. The van der Waals surface area contributed by atoms with Gasteiger partial charge in [-0.3, -0.25) is 0 Å². The molecule has 0 spiro atoms. The number of hydrogen-bond donors (Lipinski definition) is 0. The fourth-order valence-electron chi connectivity index (χ4n) is 1.94. The van der Waals surface area contributed by atoms with E-state index in [1.807, 2.05) is 4.68 Å². The molecular formula is C9H16N4O2S2. The summed E-state index contributed by atoms with van der Waals surface area (Å²) in [5, 5.41) is 12.4. The third-order valence-corrected chi connectivity index (χ3v) is 4.96. The van der Waals surface area contributed by atoms with Crippen LogP contribution in [-0.2, 0) is 9.84 Å². The summed E-state index contributed by atoms with van der Waals surface area (Å²) in [4.78, 5) is 0. The molecule has 0 N–H and O–H groups in total. The molecule has 0 amide bonds. The monoisotopic (exact) mass is 276 g/mol. The summed E-state index contributed by atoms with van der Waals surface area (Å²) in [5.74, 6) is 0.668. The Hall–Kier alpha value is -0.630. The number of sulfone groups is 1. The maximum atomic E-state index is 11.0. The number of tetrazole rings is 1. The number of thioether (sulfide) groups is 1. The Balaban J connectivity index is 1.94. The maximum absolute atomic E-state index is 11.0. The summed E-state index contributed by atoms with van der Waals surface area (Å²) in [6, 6.07) is 0.394. The first-order valence-corrected chi connectivity index (χ1v) is 8.69. The van der Waals surface area contributed by atoms with Crippen LogP contribution in [0.5, 0.6) is 0 Å². The molecule has 1 aliphatic rings. The summed E-state index contributed by atoms with van der Waals surface area (Å²) in [6.07, 6.45) is 5.92. The summed E-state index contributed by atoms with van der Waals surface area (Å²) >= 11 is 1.42. The minimum atomic E-state index is -2.91. The molecule has 1 aliphatic carbocycles. The van der Waals surface area contributed by atoms with E-state index in [4.69, 9.17) is 0 Å². The second-order valence-electron chi connectivity index (χ2n) is 4.32. The van der Waals surface area contributed by atoms with Gasteiger partial charge in [0.15, 0.2) is 0 Å². The molecule has 96 valence electrons. The fraction of sp³-hybridized carbons (Fsp3) is 0.889. The van der Waals surface area contributed by atoms with E-state index < -0.39 is 9.84 Å². The molecule has 2 rings (SSSR count). The predicted molar refractivity (Wildman–Crippen MR) is 65.8 cm³/mol. The standard InChI is InChI=1S/C9H16N4O2S2/c1-17(14,15)7-6-16-9-10-11-12-13(9)8-4-2-3-5-8/h8H,2-7H2,1H3. The summed E-state index contributed by atoms with van der Waals surface area (Å²) in [5.41, 5.74) is 0. The fourth-order valence-corrected chi connectivity index (χ4v) is 4.08. The lowest BCUT2D eigenvalue weighted by molar-refractivity contribution is 0.423. The minimum absolute atomic E-state index is 0.162. The molecule has 17 heavy (non-hydrogen) atoms. The van der Waals surface area contributed by atoms with Crippen molar-refractivity contribution >= 4 is 21.6 Å². The Morgan fingerprint density at radius 2 is 2.12 bits per heavy atom. The molecule has 1 heterocycles. The van der Waals surface area contributed by atoms with Crippen molar-refractivity contribution in [2.24, 2.45) is 0 Å². The highest BCUT2D eigenvalue weighted by atomic mass is 32.2. The van der Waals surface area contributed by atoms with Crippen LogP contribution in [0.25, 0.3) is 0 Å². The average molecular weight is 276 g/mol. The molecule has 0 unspecified atom stereocenters. The van der Waals surface area contributed by atoms with Gasteiger partial charge in [0, 0.05) is 12.0 Å². The van der Waals surface area contributed by atoms with Gasteiger partial charge in [-0.1, -0.05) is 24.6 Å². The normalized spacial score (nSPS) is 17.7. The first-order chi connectivity index (χ1) is 8.06. The van der Waals surface area contributed by atoms with Gasteiger partial charge in [0.25, 0.3) is 0 Å². The highest BCUT2D eigenvalue weighted by Gasteiger charge is 2.21. The van der Waals surface area contributed by atoms with E-state index in [0.717, 1.165) is 18.0 Å². The van der Waals surface area contributed by atoms with Crippen molar-refractivity contribution in [1.29, 1.82) is 0 Å². The average Bonchev–Trinajstić information content (AvgIpc) is 2.82. The van der Waals surface area contributed by atoms with E-state index in [1.54, 1.807) is 0 Å². The van der Waals surface area contributed by atoms with Crippen LogP contribution in [0.4, 0.5) is 0 Å². The molecule has 1 fully saturated rings. The summed E-state index contributed by atoms with van der Waals surface area (Å²) in [7, 11) is -2.91. The largest absolute Gasteiger partial charge is 0.229 e. The Morgan fingerprint density at radius 3 is 2.76 bits per heavy atom. The van der Waals surface area contributed by atoms with Crippen molar-refractivity contribution < 1.29 is 8.42 Å². The molecule has 1 saturated carbocycles. The Kier molecular flexibility index (Phi) is 4.03. The molecule has 0 aromatic carbocycles. The topological polar surface area (TPSA) is 77.7 Å². The van der Waals surface area contributed by atoms with E-state index in [1.165, 1.54) is 30.9 Å². The highest BCUT2D eigenvalue weighted by Crippen LogP contribution is 2.31. The van der Waals surface area contributed by atoms with Crippen LogP contribution >= 0.6 is 11.8 Å². The van der Waals surface area contributed by atoms with Gasteiger partial charge >= 0.3 is 0 Å². The second kappa shape index (κ2) is 5.34. The highest BCUT2D eigenvalue weighted by molar-refractivity contribution is 8.00. The predicted octanol–water partition coefficient (Wildman–Crippen LogP) is 0.925. The van der Waals surface area contributed by atoms with Gasteiger partial charge in [-0.15, -0.1) is 5.10 Å². The van der Waals surface area contributed by atoms with Crippen LogP contribution in [0.1, 0.15) is 31.7 Å². The first kappa shape index (κ1) is 12.8. The van der Waals surface area contributed by atoms with E-state index in [0.29, 0.717) is 11.8 Å². The lowest BCUT2D eigenvalue weighted by Crippen LogP contribution is -2.10. The van der Waals surface area contributed by atoms with Crippen molar-refractivity contribution in [2.75, 3.05) is 17.8 Å². The molecule has 0 atom stereocenters. The molecule has 0 aliphatic heterocycles. The van der Waals surface area contributed by atoms with Crippen LogP contribution in [0.15, 0.2) is 5.16 Å². The van der Waals surface area contributed by atoms with Crippen LogP contribution < -0.4 is 0 Å². The van der Waals surface area contributed by atoms with Crippen molar-refractivity contribution in [3.8, 4) is 0 Å². The maximum Gasteiger partial charge on any atom is 0.209 e. The zero-order valence-electron chi connectivity index (χ0n) is 9.74. The second-order valence-corrected chi connectivity index (χ2v) is 7.64. The van der Waals surface area contributed by atoms with Crippen molar-refractivity contribution in [2.45, 2.75) is 36.9 Å². The van der Waals surface area contributed by atoms with Crippen LogP contribution in [0.2, 0.25) is 0 Å². The third kappa shape index (κ3) is 3.67.